The van der Waals surface area contributed by atoms with Crippen molar-refractivity contribution in [1.82, 2.24) is 4.90 Å². The highest BCUT2D eigenvalue weighted by atomic mass is 19.4. The Morgan fingerprint density at radius 3 is 2.57 bits per heavy atom. The number of hydrogen-bond acceptors (Lipinski definition) is 2. The smallest absolute Gasteiger partial charge is 0.416 e. The Kier molecular flexibility index (Phi) is 6.39. The topological polar surface area (TPSA) is 29.5 Å². The predicted molar refractivity (Wildman–Crippen MR) is 101 cm³/mol. The van der Waals surface area contributed by atoms with Crippen LogP contribution in [0.4, 0.5) is 18.0 Å². The molecular formula is C22H22F3NO2. The van der Waals surface area contributed by atoms with Gasteiger partial charge in [-0.05, 0) is 36.0 Å². The number of piperidine rings is 1. The summed E-state index contributed by atoms with van der Waals surface area (Å²) < 4.78 is 44.7. The van der Waals surface area contributed by atoms with Gasteiger partial charge in [-0.1, -0.05) is 60.7 Å². The molecule has 0 spiro atoms. The molecule has 148 valence electrons. The van der Waals surface area contributed by atoms with Gasteiger partial charge in [-0.15, -0.1) is 0 Å². The van der Waals surface area contributed by atoms with Gasteiger partial charge in [0.15, 0.2) is 0 Å². The largest absolute Gasteiger partial charge is 0.445 e. The fraction of sp³-hybridized carbons (Fsp3) is 0.318. The Bertz CT molecular complexity index is 818. The van der Waals surface area contributed by atoms with Crippen molar-refractivity contribution in [3.63, 3.8) is 0 Å². The van der Waals surface area contributed by atoms with Crippen LogP contribution in [0.2, 0.25) is 0 Å². The minimum atomic E-state index is -4.39. The van der Waals surface area contributed by atoms with Crippen LogP contribution in [-0.4, -0.2) is 24.1 Å². The molecule has 6 heteroatoms. The normalized spacial score (nSPS) is 17.7. The number of benzene rings is 2. The third-order valence-corrected chi connectivity index (χ3v) is 4.74. The van der Waals surface area contributed by atoms with E-state index in [1.807, 2.05) is 30.3 Å². The van der Waals surface area contributed by atoms with Gasteiger partial charge in [-0.3, -0.25) is 0 Å². The Morgan fingerprint density at radius 1 is 1.11 bits per heavy atom. The van der Waals surface area contributed by atoms with E-state index in [4.69, 9.17) is 4.74 Å². The second-order valence-corrected chi connectivity index (χ2v) is 6.83. The number of ether oxygens (including phenoxy) is 1. The van der Waals surface area contributed by atoms with Crippen LogP contribution in [0.1, 0.15) is 29.5 Å². The van der Waals surface area contributed by atoms with Crippen molar-refractivity contribution in [2.75, 3.05) is 13.1 Å². The molecule has 1 heterocycles. The van der Waals surface area contributed by atoms with Crippen LogP contribution in [0.25, 0.3) is 6.08 Å². The molecule has 2 aromatic carbocycles. The summed E-state index contributed by atoms with van der Waals surface area (Å²) in [4.78, 5) is 13.9. The van der Waals surface area contributed by atoms with E-state index in [1.54, 1.807) is 17.0 Å². The number of alkyl halides is 3. The van der Waals surface area contributed by atoms with E-state index < -0.39 is 17.8 Å². The summed E-state index contributed by atoms with van der Waals surface area (Å²) >= 11 is 0. The molecule has 0 aliphatic carbocycles. The third kappa shape index (κ3) is 5.38. The molecule has 3 rings (SSSR count). The zero-order valence-corrected chi connectivity index (χ0v) is 15.4. The maximum atomic E-state index is 13.1. The first-order valence-corrected chi connectivity index (χ1v) is 9.23. The summed E-state index contributed by atoms with van der Waals surface area (Å²) in [6, 6.07) is 14.9. The average molecular weight is 389 g/mol. The molecule has 1 fully saturated rings. The van der Waals surface area contributed by atoms with Crippen LogP contribution >= 0.6 is 0 Å². The van der Waals surface area contributed by atoms with E-state index >= 15 is 0 Å². The number of carbonyl (C=O) groups excluding carboxylic acids is 1. The number of carbonyl (C=O) groups is 1. The molecule has 1 aliphatic heterocycles. The number of rotatable bonds is 4. The number of halogens is 3. The van der Waals surface area contributed by atoms with Crippen molar-refractivity contribution in [2.24, 2.45) is 5.92 Å². The van der Waals surface area contributed by atoms with Crippen LogP contribution in [0.15, 0.2) is 60.7 Å². The van der Waals surface area contributed by atoms with Gasteiger partial charge >= 0.3 is 12.3 Å². The first kappa shape index (κ1) is 20.0. The quantitative estimate of drug-likeness (QED) is 0.665. The zero-order valence-electron chi connectivity index (χ0n) is 15.4. The fourth-order valence-corrected chi connectivity index (χ4v) is 3.28. The maximum absolute atomic E-state index is 13.1. The van der Waals surface area contributed by atoms with Crippen LogP contribution in [0, 0.1) is 5.92 Å². The van der Waals surface area contributed by atoms with Crippen molar-refractivity contribution in [3.8, 4) is 0 Å². The molecule has 0 aromatic heterocycles. The van der Waals surface area contributed by atoms with Crippen molar-refractivity contribution in [2.45, 2.75) is 25.6 Å². The summed E-state index contributed by atoms with van der Waals surface area (Å²) in [5.74, 6) is -0.000634. The molecule has 0 N–H and O–H groups in total. The molecule has 0 radical (unpaired) electrons. The molecule has 0 bridgehead atoms. The minimum absolute atomic E-state index is 0.000634. The van der Waals surface area contributed by atoms with Crippen molar-refractivity contribution >= 4 is 12.2 Å². The lowest BCUT2D eigenvalue weighted by molar-refractivity contribution is -0.137. The number of hydrogen-bond donors (Lipinski definition) is 0. The Morgan fingerprint density at radius 2 is 1.82 bits per heavy atom. The monoisotopic (exact) mass is 389 g/mol. The van der Waals surface area contributed by atoms with E-state index in [-0.39, 0.29) is 18.1 Å². The maximum Gasteiger partial charge on any atom is 0.416 e. The van der Waals surface area contributed by atoms with Gasteiger partial charge in [-0.25, -0.2) is 4.79 Å². The molecule has 1 unspecified atom stereocenters. The molecule has 1 amide bonds. The Labute approximate surface area is 162 Å². The van der Waals surface area contributed by atoms with Crippen LogP contribution in [0.5, 0.6) is 0 Å². The van der Waals surface area contributed by atoms with Crippen molar-refractivity contribution in [1.29, 1.82) is 0 Å². The van der Waals surface area contributed by atoms with Crippen LogP contribution in [-0.2, 0) is 17.5 Å². The van der Waals surface area contributed by atoms with Gasteiger partial charge in [0.25, 0.3) is 0 Å². The zero-order chi connectivity index (χ0) is 20.0. The summed E-state index contributed by atoms with van der Waals surface area (Å²) in [6.07, 6.45) is 0.107. The van der Waals surface area contributed by atoms with E-state index in [2.05, 4.69) is 0 Å². The Balaban J connectivity index is 1.59. The molecule has 1 atom stereocenters. The van der Waals surface area contributed by atoms with Crippen LogP contribution in [0.3, 0.4) is 0 Å². The molecule has 0 saturated carbocycles. The summed E-state index contributed by atoms with van der Waals surface area (Å²) in [7, 11) is 0. The van der Waals surface area contributed by atoms with E-state index in [1.165, 1.54) is 18.2 Å². The van der Waals surface area contributed by atoms with E-state index in [0.29, 0.717) is 13.1 Å². The third-order valence-electron chi connectivity index (χ3n) is 4.74. The van der Waals surface area contributed by atoms with Gasteiger partial charge in [0, 0.05) is 13.1 Å². The second kappa shape index (κ2) is 8.95. The summed E-state index contributed by atoms with van der Waals surface area (Å²) in [6.45, 7) is 1.24. The molecule has 1 saturated heterocycles. The molecule has 3 nitrogen and oxygen atoms in total. The summed E-state index contributed by atoms with van der Waals surface area (Å²) in [5.41, 5.74) is 0.396. The molecule has 2 aromatic rings. The number of amides is 1. The first-order valence-electron chi connectivity index (χ1n) is 9.23. The SMILES string of the molecule is O=C(OCc1ccccc1)N1CCCC(C=Cc2ccccc2C(F)(F)F)C1. The molecule has 28 heavy (non-hydrogen) atoms. The van der Waals surface area contributed by atoms with E-state index in [0.717, 1.165) is 24.5 Å². The number of likely N-dealkylation sites (tertiary alicyclic amines) is 1. The lowest BCUT2D eigenvalue weighted by atomic mass is 9.96. The first-order chi connectivity index (χ1) is 13.4. The highest BCUT2D eigenvalue weighted by molar-refractivity contribution is 5.68. The van der Waals surface area contributed by atoms with Crippen LogP contribution < -0.4 is 0 Å². The lowest BCUT2D eigenvalue weighted by Gasteiger charge is -2.30. The minimum Gasteiger partial charge on any atom is -0.445 e. The van der Waals surface area contributed by atoms with E-state index in [9.17, 15) is 18.0 Å². The van der Waals surface area contributed by atoms with Gasteiger partial charge in [-0.2, -0.15) is 13.2 Å². The highest BCUT2D eigenvalue weighted by Crippen LogP contribution is 2.32. The van der Waals surface area contributed by atoms with Gasteiger partial charge < -0.3 is 9.64 Å². The molecular weight excluding hydrogens is 367 g/mol. The highest BCUT2D eigenvalue weighted by Gasteiger charge is 2.32. The van der Waals surface area contributed by atoms with Gasteiger partial charge in [0.1, 0.15) is 6.61 Å². The van der Waals surface area contributed by atoms with Gasteiger partial charge in [0.2, 0.25) is 0 Å². The fourth-order valence-electron chi connectivity index (χ4n) is 3.28. The Hall–Kier alpha value is -2.76. The lowest BCUT2D eigenvalue weighted by Crippen LogP contribution is -2.39. The average Bonchev–Trinajstić information content (AvgIpc) is 2.71. The standard InChI is InChI=1S/C22H22F3NO2/c23-22(24,25)20-11-5-4-10-19(20)13-12-17-9-6-14-26(15-17)21(27)28-16-18-7-2-1-3-8-18/h1-5,7-8,10-13,17H,6,9,14-16H2. The second-order valence-electron chi connectivity index (χ2n) is 6.83. The van der Waals surface area contributed by atoms with Crippen molar-refractivity contribution < 1.29 is 22.7 Å². The predicted octanol–water partition coefficient (Wildman–Crippen LogP) is 5.77. The molecule has 1 aliphatic rings. The van der Waals surface area contributed by atoms with Crippen molar-refractivity contribution in [3.05, 3.63) is 77.4 Å². The summed E-state index contributed by atoms with van der Waals surface area (Å²) in [5, 5.41) is 0. The van der Waals surface area contributed by atoms with Gasteiger partial charge in [0.05, 0.1) is 5.56 Å². The number of nitrogens with zero attached hydrogens (tertiary/aromatic N) is 1.